The fraction of sp³-hybridized carbons (Fsp3) is 0. The van der Waals surface area contributed by atoms with E-state index in [1.165, 1.54) is 36.0 Å². The van der Waals surface area contributed by atoms with Gasteiger partial charge in [0.05, 0.1) is 15.5 Å². The molecule has 0 unspecified atom stereocenters. The monoisotopic (exact) mass is 385 g/mol. The maximum atomic E-state index is 12.0. The molecular formula is C18H15N3O3S2. The third-order valence-corrected chi connectivity index (χ3v) is 5.24. The molecule has 0 bridgehead atoms. The number of amidine groups is 1. The first-order chi connectivity index (χ1) is 12.4. The number of sulfonamides is 1. The highest BCUT2D eigenvalue weighted by molar-refractivity contribution is 8.18. The minimum absolute atomic E-state index is 0.0104. The molecule has 1 heterocycles. The summed E-state index contributed by atoms with van der Waals surface area (Å²) >= 11 is 1.21. The standard InChI is InChI=1S/C18H15N3O3S2/c19-26(23,24)15-11-9-14(10-12-15)20-18-21-17(22)16(25-18)8-4-7-13-5-2-1-3-6-13/h1-12H,(H2,19,23,24)(H,20,21,22)/b7-4+,16-8+. The van der Waals surface area contributed by atoms with Gasteiger partial charge in [-0.2, -0.15) is 0 Å². The Labute approximate surface area is 155 Å². The van der Waals surface area contributed by atoms with Crippen molar-refractivity contribution < 1.29 is 13.2 Å². The van der Waals surface area contributed by atoms with E-state index in [-0.39, 0.29) is 10.8 Å². The maximum absolute atomic E-state index is 12.0. The number of nitrogens with two attached hydrogens (primary N) is 1. The molecule has 6 nitrogen and oxygen atoms in total. The summed E-state index contributed by atoms with van der Waals surface area (Å²) in [6.07, 6.45) is 5.43. The molecule has 1 fully saturated rings. The number of thioether (sulfide) groups is 1. The van der Waals surface area contributed by atoms with Gasteiger partial charge in [-0.05, 0) is 47.7 Å². The second-order valence-corrected chi connectivity index (χ2v) is 7.90. The Bertz CT molecular complexity index is 1010. The van der Waals surface area contributed by atoms with Crippen LogP contribution in [0.2, 0.25) is 0 Å². The van der Waals surface area contributed by atoms with Crippen LogP contribution >= 0.6 is 11.8 Å². The molecule has 8 heteroatoms. The van der Waals surface area contributed by atoms with Gasteiger partial charge in [0.1, 0.15) is 0 Å². The molecule has 0 radical (unpaired) electrons. The minimum Gasteiger partial charge on any atom is -0.300 e. The number of hydrogen-bond donors (Lipinski definition) is 2. The third-order valence-electron chi connectivity index (χ3n) is 3.38. The molecule has 0 saturated carbocycles. The van der Waals surface area contributed by atoms with E-state index in [0.29, 0.717) is 15.8 Å². The Morgan fingerprint density at radius 3 is 2.38 bits per heavy atom. The number of nitrogens with one attached hydrogen (secondary N) is 1. The number of benzene rings is 2. The smallest absolute Gasteiger partial charge is 0.264 e. The van der Waals surface area contributed by atoms with E-state index in [4.69, 9.17) is 5.14 Å². The summed E-state index contributed by atoms with van der Waals surface area (Å²) in [5.74, 6) is -0.229. The molecule has 132 valence electrons. The highest BCUT2D eigenvalue weighted by Crippen LogP contribution is 2.26. The zero-order valence-electron chi connectivity index (χ0n) is 13.5. The molecule has 0 aliphatic carbocycles. The summed E-state index contributed by atoms with van der Waals surface area (Å²) in [4.78, 5) is 16.8. The number of primary sulfonamides is 1. The van der Waals surface area contributed by atoms with E-state index in [0.717, 1.165) is 5.56 Å². The van der Waals surface area contributed by atoms with Crippen LogP contribution in [0.3, 0.4) is 0 Å². The van der Waals surface area contributed by atoms with Crippen molar-refractivity contribution in [3.05, 3.63) is 77.2 Å². The molecule has 1 aliphatic heterocycles. The SMILES string of the molecule is NS(=O)(=O)c1ccc(N=C2NC(=O)/C(=C\C=C\c3ccccc3)S2)cc1. The lowest BCUT2D eigenvalue weighted by atomic mass is 10.2. The van der Waals surface area contributed by atoms with Gasteiger partial charge in [-0.25, -0.2) is 18.5 Å². The van der Waals surface area contributed by atoms with E-state index in [2.05, 4.69) is 10.3 Å². The van der Waals surface area contributed by atoms with Crippen molar-refractivity contribution in [1.29, 1.82) is 0 Å². The van der Waals surface area contributed by atoms with Crippen molar-refractivity contribution in [2.45, 2.75) is 4.90 Å². The number of carbonyl (C=O) groups excluding carboxylic acids is 1. The first-order valence-electron chi connectivity index (χ1n) is 7.56. The molecule has 26 heavy (non-hydrogen) atoms. The quantitative estimate of drug-likeness (QED) is 0.790. The van der Waals surface area contributed by atoms with Gasteiger partial charge >= 0.3 is 0 Å². The summed E-state index contributed by atoms with van der Waals surface area (Å²) in [6.45, 7) is 0. The number of hydrogen-bond acceptors (Lipinski definition) is 5. The Hall–Kier alpha value is -2.68. The average Bonchev–Trinajstić information content (AvgIpc) is 2.95. The zero-order valence-corrected chi connectivity index (χ0v) is 15.1. The molecule has 1 amide bonds. The van der Waals surface area contributed by atoms with Gasteiger partial charge in [0.15, 0.2) is 5.17 Å². The van der Waals surface area contributed by atoms with E-state index in [1.54, 1.807) is 12.2 Å². The van der Waals surface area contributed by atoms with E-state index in [1.807, 2.05) is 36.4 Å². The van der Waals surface area contributed by atoms with Gasteiger partial charge in [-0.1, -0.05) is 42.5 Å². The Morgan fingerprint density at radius 2 is 1.73 bits per heavy atom. The first-order valence-corrected chi connectivity index (χ1v) is 9.92. The maximum Gasteiger partial charge on any atom is 0.264 e. The highest BCUT2D eigenvalue weighted by Gasteiger charge is 2.23. The van der Waals surface area contributed by atoms with Crippen LogP contribution in [0, 0.1) is 0 Å². The number of amides is 1. The molecule has 0 spiro atoms. The molecule has 1 saturated heterocycles. The first kappa shape index (κ1) is 18.1. The Morgan fingerprint density at radius 1 is 1.04 bits per heavy atom. The lowest BCUT2D eigenvalue weighted by Gasteiger charge is -1.99. The van der Waals surface area contributed by atoms with Crippen LogP contribution in [-0.2, 0) is 14.8 Å². The summed E-state index contributed by atoms with van der Waals surface area (Å²) in [6, 6.07) is 15.5. The van der Waals surface area contributed by atoms with Crippen molar-refractivity contribution in [3.8, 4) is 0 Å². The van der Waals surface area contributed by atoms with Crippen molar-refractivity contribution in [2.24, 2.45) is 10.1 Å². The Kier molecular flexibility index (Phi) is 5.36. The van der Waals surface area contributed by atoms with E-state index < -0.39 is 10.0 Å². The van der Waals surface area contributed by atoms with E-state index in [9.17, 15) is 13.2 Å². The normalized spacial score (nSPS) is 18.0. The summed E-state index contributed by atoms with van der Waals surface area (Å²) in [7, 11) is -3.74. The summed E-state index contributed by atoms with van der Waals surface area (Å²) in [5, 5.41) is 8.16. The van der Waals surface area contributed by atoms with Crippen LogP contribution in [-0.4, -0.2) is 19.5 Å². The number of rotatable bonds is 4. The molecule has 1 aliphatic rings. The van der Waals surface area contributed by atoms with Gasteiger partial charge < -0.3 is 5.32 Å². The van der Waals surface area contributed by atoms with Crippen LogP contribution in [0.1, 0.15) is 5.56 Å². The van der Waals surface area contributed by atoms with Crippen molar-refractivity contribution in [2.75, 3.05) is 0 Å². The van der Waals surface area contributed by atoms with Crippen molar-refractivity contribution in [3.63, 3.8) is 0 Å². The fourth-order valence-electron chi connectivity index (χ4n) is 2.13. The molecular weight excluding hydrogens is 370 g/mol. The molecule has 0 aromatic heterocycles. The summed E-state index contributed by atoms with van der Waals surface area (Å²) < 4.78 is 22.5. The van der Waals surface area contributed by atoms with Crippen LogP contribution in [0.15, 0.2) is 81.5 Å². The van der Waals surface area contributed by atoms with Crippen LogP contribution in [0.25, 0.3) is 6.08 Å². The molecule has 3 N–H and O–H groups in total. The van der Waals surface area contributed by atoms with Crippen molar-refractivity contribution >= 4 is 44.6 Å². The average molecular weight is 385 g/mol. The fourth-order valence-corrected chi connectivity index (χ4v) is 3.44. The van der Waals surface area contributed by atoms with Gasteiger partial charge in [-0.3, -0.25) is 4.79 Å². The Balaban J connectivity index is 1.72. The highest BCUT2D eigenvalue weighted by atomic mass is 32.2. The molecule has 3 rings (SSSR count). The van der Waals surface area contributed by atoms with Gasteiger partial charge in [-0.15, -0.1) is 0 Å². The predicted molar refractivity (Wildman–Crippen MR) is 104 cm³/mol. The van der Waals surface area contributed by atoms with Crippen molar-refractivity contribution in [1.82, 2.24) is 5.32 Å². The van der Waals surface area contributed by atoms with Crippen LogP contribution < -0.4 is 10.5 Å². The lowest BCUT2D eigenvalue weighted by Crippen LogP contribution is -2.19. The molecule has 0 atom stereocenters. The lowest BCUT2D eigenvalue weighted by molar-refractivity contribution is -0.115. The summed E-state index contributed by atoms with van der Waals surface area (Å²) in [5.41, 5.74) is 1.55. The zero-order chi connectivity index (χ0) is 18.6. The van der Waals surface area contributed by atoms with Gasteiger partial charge in [0.2, 0.25) is 10.0 Å². The third kappa shape index (κ3) is 4.69. The minimum atomic E-state index is -3.74. The number of nitrogens with zero attached hydrogens (tertiary/aromatic N) is 1. The number of allylic oxidation sites excluding steroid dienone is 2. The molecule has 2 aromatic rings. The van der Waals surface area contributed by atoms with E-state index >= 15 is 0 Å². The van der Waals surface area contributed by atoms with Gasteiger partial charge in [0.25, 0.3) is 5.91 Å². The largest absolute Gasteiger partial charge is 0.300 e. The topological polar surface area (TPSA) is 102 Å². The van der Waals surface area contributed by atoms with Crippen LogP contribution in [0.5, 0.6) is 0 Å². The van der Waals surface area contributed by atoms with Gasteiger partial charge in [0, 0.05) is 0 Å². The second-order valence-electron chi connectivity index (χ2n) is 5.31. The number of carbonyl (C=O) groups is 1. The van der Waals surface area contributed by atoms with Crippen LogP contribution in [0.4, 0.5) is 5.69 Å². The second kappa shape index (κ2) is 7.69. The molecule has 2 aromatic carbocycles. The predicted octanol–water partition coefficient (Wildman–Crippen LogP) is 2.78. The number of aliphatic imine (C=N–C) groups is 1.